The summed E-state index contributed by atoms with van der Waals surface area (Å²) in [7, 11) is 1.52. The molecule has 0 fully saturated rings. The van der Waals surface area contributed by atoms with E-state index in [1.807, 2.05) is 0 Å². The number of methoxy groups -OCH3 is 1. The quantitative estimate of drug-likeness (QED) is 0.796. The third-order valence-corrected chi connectivity index (χ3v) is 3.62. The van der Waals surface area contributed by atoms with Gasteiger partial charge in [0, 0.05) is 25.6 Å². The molecular formula is C18H17F3N2O3. The molecule has 0 saturated heterocycles. The lowest BCUT2D eigenvalue weighted by Gasteiger charge is -2.21. The third-order valence-electron chi connectivity index (χ3n) is 3.62. The molecule has 0 unspecified atom stereocenters. The minimum absolute atomic E-state index is 0.163. The minimum Gasteiger partial charge on any atom is -0.497 e. The van der Waals surface area contributed by atoms with Gasteiger partial charge in [0.2, 0.25) is 11.8 Å². The predicted octanol–water partition coefficient (Wildman–Crippen LogP) is 3.49. The zero-order chi connectivity index (χ0) is 19.3. The summed E-state index contributed by atoms with van der Waals surface area (Å²) in [6.45, 7) is 0.946. The fourth-order valence-electron chi connectivity index (χ4n) is 2.28. The van der Waals surface area contributed by atoms with Crippen LogP contribution in [0, 0.1) is 17.5 Å². The number of carbonyl (C=O) groups is 2. The first-order valence-corrected chi connectivity index (χ1v) is 7.69. The number of benzene rings is 2. The van der Waals surface area contributed by atoms with Crippen LogP contribution in [0.25, 0.3) is 0 Å². The average molecular weight is 366 g/mol. The van der Waals surface area contributed by atoms with Gasteiger partial charge in [-0.3, -0.25) is 9.59 Å². The van der Waals surface area contributed by atoms with Crippen LogP contribution >= 0.6 is 0 Å². The van der Waals surface area contributed by atoms with Crippen molar-refractivity contribution in [3.05, 3.63) is 53.8 Å². The maximum absolute atomic E-state index is 13.9. The Morgan fingerprint density at radius 1 is 1.04 bits per heavy atom. The Labute approximate surface area is 148 Å². The largest absolute Gasteiger partial charge is 0.497 e. The second kappa shape index (κ2) is 8.37. The molecule has 8 heteroatoms. The van der Waals surface area contributed by atoms with Crippen LogP contribution in [0.4, 0.5) is 24.5 Å². The summed E-state index contributed by atoms with van der Waals surface area (Å²) in [6, 6.07) is 8.27. The van der Waals surface area contributed by atoms with Gasteiger partial charge in [-0.05, 0) is 36.4 Å². The van der Waals surface area contributed by atoms with Crippen LogP contribution in [0.2, 0.25) is 0 Å². The number of nitrogens with zero attached hydrogens (tertiary/aromatic N) is 1. The third kappa shape index (κ3) is 4.53. The van der Waals surface area contributed by atoms with E-state index < -0.39 is 35.0 Å². The number of nitrogens with one attached hydrogen (secondary N) is 1. The molecule has 1 N–H and O–H groups in total. The number of hydrogen-bond acceptors (Lipinski definition) is 3. The molecule has 0 atom stereocenters. The van der Waals surface area contributed by atoms with Crippen LogP contribution in [0.3, 0.4) is 0 Å². The second-order valence-electron chi connectivity index (χ2n) is 5.39. The first kappa shape index (κ1) is 19.3. The van der Waals surface area contributed by atoms with Gasteiger partial charge >= 0.3 is 0 Å². The van der Waals surface area contributed by atoms with Crippen molar-refractivity contribution >= 4 is 23.2 Å². The molecule has 2 rings (SSSR count). The normalized spacial score (nSPS) is 10.3. The highest BCUT2D eigenvalue weighted by Gasteiger charge is 2.21. The van der Waals surface area contributed by atoms with Crippen molar-refractivity contribution in [2.45, 2.75) is 13.3 Å². The number of anilines is 2. The van der Waals surface area contributed by atoms with Gasteiger partial charge in [0.15, 0.2) is 17.5 Å². The first-order chi connectivity index (χ1) is 12.3. The topological polar surface area (TPSA) is 58.6 Å². The smallest absolute Gasteiger partial charge is 0.226 e. The Kier molecular flexibility index (Phi) is 6.21. The Balaban J connectivity index is 2.05. The molecule has 0 aliphatic heterocycles. The molecule has 2 aromatic carbocycles. The predicted molar refractivity (Wildman–Crippen MR) is 90.6 cm³/mol. The zero-order valence-corrected chi connectivity index (χ0v) is 14.2. The van der Waals surface area contributed by atoms with Gasteiger partial charge in [-0.15, -0.1) is 0 Å². The molecule has 5 nitrogen and oxygen atoms in total. The van der Waals surface area contributed by atoms with Crippen molar-refractivity contribution in [2.75, 3.05) is 23.9 Å². The lowest BCUT2D eigenvalue weighted by Crippen LogP contribution is -2.33. The van der Waals surface area contributed by atoms with E-state index in [1.165, 1.54) is 7.11 Å². The highest BCUT2D eigenvalue weighted by atomic mass is 19.2. The van der Waals surface area contributed by atoms with E-state index in [2.05, 4.69) is 5.32 Å². The summed E-state index contributed by atoms with van der Waals surface area (Å²) < 4.78 is 45.3. The van der Waals surface area contributed by atoms with Gasteiger partial charge in [-0.2, -0.15) is 0 Å². The molecule has 0 spiro atoms. The van der Waals surface area contributed by atoms with Gasteiger partial charge in [0.1, 0.15) is 5.75 Å². The monoisotopic (exact) mass is 366 g/mol. The lowest BCUT2D eigenvalue weighted by molar-refractivity contribution is -0.117. The standard InChI is InChI=1S/C18H17F3N2O3/c1-11(24)23(15-8-7-14(19)17(20)18(15)21)10-9-16(25)22-12-3-5-13(26-2)6-4-12/h3-8H,9-10H2,1-2H3,(H,22,25). The van der Waals surface area contributed by atoms with E-state index in [1.54, 1.807) is 24.3 Å². The molecule has 0 aromatic heterocycles. The van der Waals surface area contributed by atoms with E-state index in [-0.39, 0.29) is 13.0 Å². The molecule has 0 heterocycles. The molecule has 138 valence electrons. The molecule has 0 aliphatic carbocycles. The summed E-state index contributed by atoms with van der Waals surface area (Å²) in [5.74, 6) is -4.91. The second-order valence-corrected chi connectivity index (χ2v) is 5.39. The molecule has 2 amide bonds. The van der Waals surface area contributed by atoms with Gasteiger partial charge in [0.05, 0.1) is 12.8 Å². The fourth-order valence-corrected chi connectivity index (χ4v) is 2.28. The molecular weight excluding hydrogens is 349 g/mol. The Bertz CT molecular complexity index is 810. The van der Waals surface area contributed by atoms with Crippen molar-refractivity contribution in [3.8, 4) is 5.75 Å². The van der Waals surface area contributed by atoms with E-state index in [0.717, 1.165) is 24.0 Å². The first-order valence-electron chi connectivity index (χ1n) is 7.69. The van der Waals surface area contributed by atoms with Crippen molar-refractivity contribution in [3.63, 3.8) is 0 Å². The molecule has 0 aliphatic rings. The van der Waals surface area contributed by atoms with Gasteiger partial charge in [-0.1, -0.05) is 0 Å². The number of amides is 2. The van der Waals surface area contributed by atoms with Crippen LogP contribution in [-0.4, -0.2) is 25.5 Å². The summed E-state index contributed by atoms with van der Waals surface area (Å²) in [5, 5.41) is 2.61. The minimum atomic E-state index is -1.67. The molecule has 2 aromatic rings. The summed E-state index contributed by atoms with van der Waals surface area (Å²) in [4.78, 5) is 24.6. The van der Waals surface area contributed by atoms with Crippen molar-refractivity contribution in [1.29, 1.82) is 0 Å². The Morgan fingerprint density at radius 2 is 1.69 bits per heavy atom. The van der Waals surface area contributed by atoms with Gasteiger partial charge < -0.3 is 15.0 Å². The summed E-state index contributed by atoms with van der Waals surface area (Å²) in [6.07, 6.45) is -0.163. The van der Waals surface area contributed by atoms with Crippen LogP contribution < -0.4 is 15.0 Å². The van der Waals surface area contributed by atoms with E-state index >= 15 is 0 Å². The van der Waals surface area contributed by atoms with E-state index in [4.69, 9.17) is 4.74 Å². The highest BCUT2D eigenvalue weighted by Crippen LogP contribution is 2.24. The molecule has 26 heavy (non-hydrogen) atoms. The van der Waals surface area contributed by atoms with E-state index in [9.17, 15) is 22.8 Å². The maximum atomic E-state index is 13.9. The number of ether oxygens (including phenoxy) is 1. The van der Waals surface area contributed by atoms with Crippen LogP contribution in [0.5, 0.6) is 5.75 Å². The van der Waals surface area contributed by atoms with E-state index in [0.29, 0.717) is 11.4 Å². The van der Waals surface area contributed by atoms with Crippen LogP contribution in [-0.2, 0) is 9.59 Å². The molecule has 0 saturated carbocycles. The van der Waals surface area contributed by atoms with Gasteiger partial charge in [0.25, 0.3) is 0 Å². The SMILES string of the molecule is COc1ccc(NC(=O)CCN(C(C)=O)c2ccc(F)c(F)c2F)cc1. The highest BCUT2D eigenvalue weighted by molar-refractivity contribution is 5.94. The lowest BCUT2D eigenvalue weighted by atomic mass is 10.2. The number of rotatable bonds is 6. The number of carbonyl (C=O) groups excluding carboxylic acids is 2. The maximum Gasteiger partial charge on any atom is 0.226 e. The van der Waals surface area contributed by atoms with Crippen molar-refractivity contribution < 1.29 is 27.5 Å². The van der Waals surface area contributed by atoms with Crippen molar-refractivity contribution in [1.82, 2.24) is 0 Å². The number of halogens is 3. The Hall–Kier alpha value is -3.03. The van der Waals surface area contributed by atoms with Crippen LogP contribution in [0.15, 0.2) is 36.4 Å². The summed E-state index contributed by atoms with van der Waals surface area (Å²) >= 11 is 0. The Morgan fingerprint density at radius 3 is 2.27 bits per heavy atom. The molecule has 0 bridgehead atoms. The van der Waals surface area contributed by atoms with Crippen molar-refractivity contribution in [2.24, 2.45) is 0 Å². The average Bonchev–Trinajstić information content (AvgIpc) is 2.62. The van der Waals surface area contributed by atoms with Gasteiger partial charge in [-0.25, -0.2) is 13.2 Å². The van der Waals surface area contributed by atoms with Crippen LogP contribution in [0.1, 0.15) is 13.3 Å². The summed E-state index contributed by atoms with van der Waals surface area (Å²) in [5.41, 5.74) is 0.0952. The fraction of sp³-hybridized carbons (Fsp3) is 0.222. The zero-order valence-electron chi connectivity index (χ0n) is 14.2. The number of hydrogen-bond donors (Lipinski definition) is 1. The molecule has 0 radical (unpaired) electrons.